The molecule has 5 aliphatic rings. The number of nitrogens with zero attached hydrogens (tertiary/aromatic N) is 1. The second-order valence-electron chi connectivity index (χ2n) is 7.25. The number of alkyl carbamates (subject to hydrolysis) is 1. The molecular formula is C15H23N2O2. The van der Waals surface area contributed by atoms with Crippen molar-refractivity contribution in [2.75, 3.05) is 13.1 Å². The van der Waals surface area contributed by atoms with Crippen LogP contribution in [-0.2, 0) is 4.74 Å². The Labute approximate surface area is 114 Å². The summed E-state index contributed by atoms with van der Waals surface area (Å²) in [4.78, 5) is 12.1. The fourth-order valence-corrected chi connectivity index (χ4v) is 5.25. The van der Waals surface area contributed by atoms with E-state index >= 15 is 0 Å². The van der Waals surface area contributed by atoms with E-state index in [1.165, 1.54) is 19.3 Å². The Morgan fingerprint density at radius 1 is 1.11 bits per heavy atom. The minimum absolute atomic E-state index is 0.116. The summed E-state index contributed by atoms with van der Waals surface area (Å²) in [6, 6.07) is 0.210. The quantitative estimate of drug-likeness (QED) is 0.829. The molecule has 4 heteroatoms. The highest BCUT2D eigenvalue weighted by Gasteiger charge is 2.53. The number of ether oxygens (including phenoxy) is 1. The number of hydrogen-bond acceptors (Lipinski definition) is 2. The maximum atomic E-state index is 12.1. The van der Waals surface area contributed by atoms with Crippen LogP contribution in [0.25, 0.3) is 0 Å². The lowest BCUT2D eigenvalue weighted by molar-refractivity contribution is -0.127. The van der Waals surface area contributed by atoms with E-state index in [1.807, 2.05) is 0 Å². The van der Waals surface area contributed by atoms with Gasteiger partial charge in [-0.1, -0.05) is 0 Å². The van der Waals surface area contributed by atoms with Crippen molar-refractivity contribution in [1.82, 2.24) is 10.6 Å². The van der Waals surface area contributed by atoms with E-state index < -0.39 is 0 Å². The van der Waals surface area contributed by atoms with E-state index in [0.29, 0.717) is 0 Å². The van der Waals surface area contributed by atoms with Crippen molar-refractivity contribution < 1.29 is 9.53 Å². The van der Waals surface area contributed by atoms with E-state index in [1.54, 1.807) is 0 Å². The summed E-state index contributed by atoms with van der Waals surface area (Å²) >= 11 is 0. The largest absolute Gasteiger partial charge is 0.443 e. The van der Waals surface area contributed by atoms with Gasteiger partial charge in [0.25, 0.3) is 0 Å². The van der Waals surface area contributed by atoms with Crippen LogP contribution in [0.3, 0.4) is 0 Å². The summed E-state index contributed by atoms with van der Waals surface area (Å²) in [5.74, 6) is 2.46. The average Bonchev–Trinajstić information content (AvgIpc) is 2.78. The topological polar surface area (TPSA) is 52.4 Å². The summed E-state index contributed by atoms with van der Waals surface area (Å²) in [5, 5.41) is 7.27. The molecule has 1 aliphatic heterocycles. The summed E-state index contributed by atoms with van der Waals surface area (Å²) in [6.07, 6.45) is 8.26. The molecule has 1 N–H and O–H groups in total. The zero-order chi connectivity index (χ0) is 12.9. The van der Waals surface area contributed by atoms with Gasteiger partial charge in [-0.2, -0.15) is 0 Å². The predicted octanol–water partition coefficient (Wildman–Crippen LogP) is 2.06. The van der Waals surface area contributed by atoms with Crippen LogP contribution in [0.2, 0.25) is 0 Å². The van der Waals surface area contributed by atoms with Gasteiger partial charge >= 0.3 is 6.09 Å². The minimum atomic E-state index is -0.191. The Morgan fingerprint density at radius 2 is 1.74 bits per heavy atom. The first-order valence-corrected chi connectivity index (χ1v) is 7.83. The number of carbonyl (C=O) groups excluding carboxylic acids is 1. The molecule has 1 unspecified atom stereocenters. The molecule has 0 aromatic rings. The third-order valence-corrected chi connectivity index (χ3v) is 5.60. The molecule has 1 saturated heterocycles. The van der Waals surface area contributed by atoms with Gasteiger partial charge in [0, 0.05) is 19.1 Å². The standard InChI is InChI=1S/C15H23N2O2/c18-14(17-13-1-2-16-9-13)19-15-6-10-3-11(7-15)5-12(4-10)8-15/h10-13H,1-9H2,(H,17,18). The molecule has 5 fully saturated rings. The fraction of sp³-hybridized carbons (Fsp3) is 0.933. The number of hydrogen-bond donors (Lipinski definition) is 1. The van der Waals surface area contributed by atoms with Crippen LogP contribution in [-0.4, -0.2) is 30.8 Å². The van der Waals surface area contributed by atoms with E-state index in [0.717, 1.165) is 56.5 Å². The molecule has 4 bridgehead atoms. The Bertz CT molecular complexity index is 341. The van der Waals surface area contributed by atoms with Crippen LogP contribution in [0.15, 0.2) is 0 Å². The first-order chi connectivity index (χ1) is 9.21. The third kappa shape index (κ3) is 2.24. The summed E-state index contributed by atoms with van der Waals surface area (Å²) < 4.78 is 5.92. The highest BCUT2D eigenvalue weighted by Crippen LogP contribution is 2.57. The van der Waals surface area contributed by atoms with Gasteiger partial charge in [-0.05, 0) is 62.7 Å². The second kappa shape index (κ2) is 4.37. The number of amides is 1. The van der Waals surface area contributed by atoms with E-state index in [9.17, 15) is 4.79 Å². The second-order valence-corrected chi connectivity index (χ2v) is 7.25. The normalized spacial score (nSPS) is 47.4. The lowest BCUT2D eigenvalue weighted by Gasteiger charge is -2.55. The van der Waals surface area contributed by atoms with Gasteiger partial charge in [-0.3, -0.25) is 0 Å². The summed E-state index contributed by atoms with van der Waals surface area (Å²) in [7, 11) is 0. The summed E-state index contributed by atoms with van der Waals surface area (Å²) in [6.45, 7) is 1.64. The van der Waals surface area contributed by atoms with Crippen molar-refractivity contribution >= 4 is 6.09 Å². The fourth-order valence-electron chi connectivity index (χ4n) is 5.25. The Morgan fingerprint density at radius 3 is 2.26 bits per heavy atom. The highest BCUT2D eigenvalue weighted by atomic mass is 16.6. The molecular weight excluding hydrogens is 240 g/mol. The molecule has 105 valence electrons. The molecule has 0 spiro atoms. The molecule has 1 amide bonds. The molecule has 19 heavy (non-hydrogen) atoms. The van der Waals surface area contributed by atoms with Crippen LogP contribution < -0.4 is 10.6 Å². The molecule has 4 aliphatic carbocycles. The van der Waals surface area contributed by atoms with Gasteiger partial charge in [0.1, 0.15) is 5.60 Å². The number of rotatable bonds is 2. The van der Waals surface area contributed by atoms with Crippen LogP contribution in [0, 0.1) is 17.8 Å². The predicted molar refractivity (Wildman–Crippen MR) is 70.8 cm³/mol. The van der Waals surface area contributed by atoms with Gasteiger partial charge < -0.3 is 10.1 Å². The third-order valence-electron chi connectivity index (χ3n) is 5.60. The van der Waals surface area contributed by atoms with Crippen molar-refractivity contribution in [3.05, 3.63) is 0 Å². The first kappa shape index (κ1) is 12.0. The SMILES string of the molecule is O=C(NC1CC[N]C1)OC12CC3CC(CC(C3)C1)C2. The molecule has 1 heterocycles. The van der Waals surface area contributed by atoms with Gasteiger partial charge in [-0.25, -0.2) is 10.1 Å². The zero-order valence-electron chi connectivity index (χ0n) is 11.4. The van der Waals surface area contributed by atoms with Crippen molar-refractivity contribution in [3.63, 3.8) is 0 Å². The smallest absolute Gasteiger partial charge is 0.407 e. The monoisotopic (exact) mass is 263 g/mol. The van der Waals surface area contributed by atoms with Gasteiger partial charge in [0.2, 0.25) is 0 Å². The molecule has 0 aromatic heterocycles. The Hall–Kier alpha value is -0.770. The van der Waals surface area contributed by atoms with Crippen molar-refractivity contribution in [2.45, 2.75) is 56.6 Å². The van der Waals surface area contributed by atoms with Crippen molar-refractivity contribution in [1.29, 1.82) is 0 Å². The molecule has 1 atom stereocenters. The van der Waals surface area contributed by atoms with Crippen LogP contribution in [0.4, 0.5) is 4.79 Å². The van der Waals surface area contributed by atoms with Crippen LogP contribution >= 0.6 is 0 Å². The van der Waals surface area contributed by atoms with Crippen molar-refractivity contribution in [3.8, 4) is 0 Å². The molecule has 1 radical (unpaired) electrons. The zero-order valence-corrected chi connectivity index (χ0v) is 11.4. The molecule has 4 saturated carbocycles. The van der Waals surface area contributed by atoms with E-state index in [2.05, 4.69) is 10.6 Å². The van der Waals surface area contributed by atoms with E-state index in [4.69, 9.17) is 4.74 Å². The Balaban J connectivity index is 1.40. The van der Waals surface area contributed by atoms with Gasteiger partial charge in [-0.15, -0.1) is 0 Å². The lowest BCUT2D eigenvalue weighted by atomic mass is 9.54. The molecule has 0 aromatic carbocycles. The van der Waals surface area contributed by atoms with Crippen LogP contribution in [0.1, 0.15) is 44.9 Å². The highest BCUT2D eigenvalue weighted by molar-refractivity contribution is 5.68. The first-order valence-electron chi connectivity index (χ1n) is 7.83. The van der Waals surface area contributed by atoms with E-state index in [-0.39, 0.29) is 17.7 Å². The average molecular weight is 263 g/mol. The maximum Gasteiger partial charge on any atom is 0.407 e. The lowest BCUT2D eigenvalue weighted by Crippen LogP contribution is -2.54. The minimum Gasteiger partial charge on any atom is -0.443 e. The van der Waals surface area contributed by atoms with Gasteiger partial charge in [0.05, 0.1) is 0 Å². The maximum absolute atomic E-state index is 12.1. The molecule has 4 nitrogen and oxygen atoms in total. The summed E-state index contributed by atoms with van der Waals surface area (Å²) in [5.41, 5.74) is -0.116. The van der Waals surface area contributed by atoms with Crippen LogP contribution in [0.5, 0.6) is 0 Å². The number of nitrogens with one attached hydrogen (secondary N) is 1. The van der Waals surface area contributed by atoms with Gasteiger partial charge in [0.15, 0.2) is 0 Å². The molecule has 5 rings (SSSR count). The Kier molecular flexibility index (Phi) is 2.76. The number of carbonyl (C=O) groups is 1. The van der Waals surface area contributed by atoms with Crippen molar-refractivity contribution in [2.24, 2.45) is 17.8 Å².